The van der Waals surface area contributed by atoms with Crippen LogP contribution in [0.1, 0.15) is 140 Å². The van der Waals surface area contributed by atoms with Crippen LogP contribution in [0.25, 0.3) is 0 Å². The zero-order chi connectivity index (χ0) is 45.2. The van der Waals surface area contributed by atoms with Gasteiger partial charge in [-0.25, -0.2) is 9.78 Å². The van der Waals surface area contributed by atoms with E-state index in [9.17, 15) is 33.9 Å². The number of amides is 3. The molecule has 1 unspecified atom stereocenters. The Morgan fingerprint density at radius 3 is 2.31 bits per heavy atom. The van der Waals surface area contributed by atoms with Gasteiger partial charge in [0.25, 0.3) is 5.91 Å². The SMILES string of the molecule is CCCC(=O)OCN(C(=O)[C@@H](CC(=O)[C@H]1CCCCN1C)C(C)CC)[C@H](C[C@@H](C)c1nc(C(=O)N[C@@H](Cc2ccc(O)cc2)C[C@H](C)C(=O)CNC(=O)OCC)cs1)C(C)C. The van der Waals surface area contributed by atoms with Gasteiger partial charge in [-0.3, -0.25) is 28.9 Å². The number of ether oxygens (including phenoxy) is 2. The summed E-state index contributed by atoms with van der Waals surface area (Å²) in [6.45, 7) is 16.0. The molecule has 2 aromatic rings. The number of carbonyl (C=O) groups excluding carboxylic acids is 6. The molecule has 3 N–H and O–H groups in total. The van der Waals surface area contributed by atoms with Crippen LogP contribution in [0, 0.1) is 23.7 Å². The van der Waals surface area contributed by atoms with Crippen molar-refractivity contribution in [3.8, 4) is 5.75 Å². The molecular formula is C46H71N5O9S. The first kappa shape index (κ1) is 51.0. The Labute approximate surface area is 366 Å². The molecule has 0 bridgehead atoms. The summed E-state index contributed by atoms with van der Waals surface area (Å²) in [5, 5.41) is 17.8. The summed E-state index contributed by atoms with van der Waals surface area (Å²) in [4.78, 5) is 88.3. The maximum atomic E-state index is 14.8. The number of hydrogen-bond donors (Lipinski definition) is 3. The largest absolute Gasteiger partial charge is 0.508 e. The van der Waals surface area contributed by atoms with Crippen molar-refractivity contribution in [2.45, 2.75) is 144 Å². The van der Waals surface area contributed by atoms with Gasteiger partial charge in [0.05, 0.1) is 24.2 Å². The number of alkyl carbamates (subject to hydrolysis) is 1. The Morgan fingerprint density at radius 1 is 0.984 bits per heavy atom. The molecule has 1 aliphatic rings. The minimum atomic E-state index is -0.676. The third kappa shape index (κ3) is 16.1. The van der Waals surface area contributed by atoms with E-state index in [1.807, 2.05) is 48.6 Å². The summed E-state index contributed by atoms with van der Waals surface area (Å²) in [7, 11) is 1.97. The zero-order valence-corrected chi connectivity index (χ0v) is 38.7. The highest BCUT2D eigenvalue weighted by atomic mass is 32.1. The standard InChI is InChI=1S/C46H71N5O9S/c1-10-15-42(55)60-28-51(45(57)36(30(6)11-2)25-40(53)38-16-13-14-21-50(38)9)39(29(4)5)23-32(8)44-49-37(27-61-44)43(56)48-34(24-33-17-19-35(52)20-18-33)22-31(7)41(54)26-47-46(58)59-12-3/h17-20,27,29-32,34,36,38-39,52H,10-16,21-26,28H2,1-9H3,(H,47,58)(H,48,56)/t30?,31-,32+,34+,36-,38+,39+/m0/s1. The number of likely N-dealkylation sites (tertiary alicyclic amines) is 1. The number of ketones is 2. The number of carbonyl (C=O) groups is 6. The Morgan fingerprint density at radius 2 is 1.69 bits per heavy atom. The number of benzene rings is 1. The molecule has 3 rings (SSSR count). The number of Topliss-reactive ketones (excluding diaryl/α,β-unsaturated/α-hetero) is 2. The van der Waals surface area contributed by atoms with E-state index in [4.69, 9.17) is 14.5 Å². The fourth-order valence-corrected chi connectivity index (χ4v) is 8.76. The van der Waals surface area contributed by atoms with Crippen LogP contribution < -0.4 is 10.6 Å². The fraction of sp³-hybridized carbons (Fsp3) is 0.674. The van der Waals surface area contributed by atoms with Crippen LogP contribution >= 0.6 is 11.3 Å². The van der Waals surface area contributed by atoms with Crippen molar-refractivity contribution in [1.82, 2.24) is 25.4 Å². The van der Waals surface area contributed by atoms with Crippen LogP contribution in [0.5, 0.6) is 5.75 Å². The van der Waals surface area contributed by atoms with E-state index in [-0.39, 0.29) is 104 Å². The summed E-state index contributed by atoms with van der Waals surface area (Å²) >= 11 is 1.34. The van der Waals surface area contributed by atoms with Gasteiger partial charge >= 0.3 is 12.1 Å². The lowest BCUT2D eigenvalue weighted by Crippen LogP contribution is -2.50. The van der Waals surface area contributed by atoms with E-state index in [0.29, 0.717) is 30.7 Å². The lowest BCUT2D eigenvalue weighted by atomic mass is 9.82. The number of rotatable bonds is 25. The van der Waals surface area contributed by atoms with Crippen LogP contribution in [0.2, 0.25) is 0 Å². The molecular weight excluding hydrogens is 799 g/mol. The topological polar surface area (TPSA) is 185 Å². The number of aromatic hydroxyl groups is 1. The predicted octanol–water partition coefficient (Wildman–Crippen LogP) is 7.28. The van der Waals surface area contributed by atoms with Gasteiger partial charge in [0.2, 0.25) is 5.91 Å². The van der Waals surface area contributed by atoms with E-state index < -0.39 is 29.9 Å². The monoisotopic (exact) mass is 869 g/mol. The number of esters is 1. The number of likely N-dealkylation sites (N-methyl/N-ethyl adjacent to an activating group) is 1. The number of hydrogen-bond acceptors (Lipinski definition) is 12. The molecule has 0 saturated carbocycles. The van der Waals surface area contributed by atoms with Crippen LogP contribution in [-0.4, -0.2) is 107 Å². The smallest absolute Gasteiger partial charge is 0.407 e. The molecule has 0 spiro atoms. The van der Waals surface area contributed by atoms with Crippen LogP contribution in [0.15, 0.2) is 29.6 Å². The quantitative estimate of drug-likeness (QED) is 0.0673. The number of piperidine rings is 1. The second-order valence-corrected chi connectivity index (χ2v) is 18.0. The average Bonchev–Trinajstić information content (AvgIpc) is 3.73. The normalized spacial score (nSPS) is 17.3. The van der Waals surface area contributed by atoms with Gasteiger partial charge in [-0.2, -0.15) is 0 Å². The Kier molecular flexibility index (Phi) is 21.3. The molecule has 14 nitrogen and oxygen atoms in total. The molecule has 1 aliphatic heterocycles. The lowest BCUT2D eigenvalue weighted by Gasteiger charge is -2.39. The maximum Gasteiger partial charge on any atom is 0.407 e. The molecule has 340 valence electrons. The van der Waals surface area contributed by atoms with Gasteiger partial charge < -0.3 is 30.1 Å². The molecule has 61 heavy (non-hydrogen) atoms. The summed E-state index contributed by atoms with van der Waals surface area (Å²) in [5.74, 6) is -2.43. The first-order chi connectivity index (χ1) is 29.0. The van der Waals surface area contributed by atoms with Gasteiger partial charge in [0.1, 0.15) is 11.4 Å². The van der Waals surface area contributed by atoms with E-state index in [1.165, 1.54) is 11.3 Å². The summed E-state index contributed by atoms with van der Waals surface area (Å²) in [5.41, 5.74) is 1.07. The first-order valence-corrected chi connectivity index (χ1v) is 23.0. The molecule has 2 heterocycles. The first-order valence-electron chi connectivity index (χ1n) is 22.2. The van der Waals surface area contributed by atoms with E-state index >= 15 is 0 Å². The second-order valence-electron chi connectivity index (χ2n) is 17.1. The molecule has 1 fully saturated rings. The lowest BCUT2D eigenvalue weighted by molar-refractivity contribution is -0.160. The minimum absolute atomic E-state index is 0.0466. The van der Waals surface area contributed by atoms with Gasteiger partial charge in [-0.1, -0.05) is 73.4 Å². The van der Waals surface area contributed by atoms with Crippen molar-refractivity contribution in [2.24, 2.45) is 23.7 Å². The van der Waals surface area contributed by atoms with E-state index in [0.717, 1.165) is 31.4 Å². The summed E-state index contributed by atoms with van der Waals surface area (Å²) < 4.78 is 10.6. The van der Waals surface area contributed by atoms with Crippen molar-refractivity contribution in [3.05, 3.63) is 45.9 Å². The highest BCUT2D eigenvalue weighted by Gasteiger charge is 2.38. The summed E-state index contributed by atoms with van der Waals surface area (Å²) in [6.07, 6.45) is 4.94. The Hall–Kier alpha value is -4.37. The number of phenolic OH excluding ortho intramolecular Hbond substituents is 1. The zero-order valence-electron chi connectivity index (χ0n) is 37.9. The number of aromatic nitrogens is 1. The average molecular weight is 870 g/mol. The highest BCUT2D eigenvalue weighted by molar-refractivity contribution is 7.09. The van der Waals surface area contributed by atoms with Crippen molar-refractivity contribution in [1.29, 1.82) is 0 Å². The van der Waals surface area contributed by atoms with Crippen molar-refractivity contribution >= 4 is 46.8 Å². The van der Waals surface area contributed by atoms with Crippen molar-refractivity contribution in [2.75, 3.05) is 33.5 Å². The molecule has 15 heteroatoms. The van der Waals surface area contributed by atoms with Crippen LogP contribution in [0.4, 0.5) is 4.79 Å². The predicted molar refractivity (Wildman–Crippen MR) is 236 cm³/mol. The molecule has 1 saturated heterocycles. The Balaban J connectivity index is 1.84. The van der Waals surface area contributed by atoms with Crippen molar-refractivity contribution in [3.63, 3.8) is 0 Å². The van der Waals surface area contributed by atoms with Crippen LogP contribution in [0.3, 0.4) is 0 Å². The van der Waals surface area contributed by atoms with Gasteiger partial charge in [-0.05, 0) is 88.6 Å². The fourth-order valence-electron chi connectivity index (χ4n) is 7.89. The summed E-state index contributed by atoms with van der Waals surface area (Å²) in [6, 6.07) is 5.58. The van der Waals surface area contributed by atoms with Crippen LogP contribution in [-0.2, 0) is 35.1 Å². The molecule has 7 atom stereocenters. The van der Waals surface area contributed by atoms with E-state index in [2.05, 4.69) is 15.5 Å². The maximum absolute atomic E-state index is 14.8. The highest BCUT2D eigenvalue weighted by Crippen LogP contribution is 2.33. The number of nitrogens with zero attached hydrogens (tertiary/aromatic N) is 3. The third-order valence-electron chi connectivity index (χ3n) is 11.9. The minimum Gasteiger partial charge on any atom is -0.508 e. The Bertz CT molecular complexity index is 1730. The van der Waals surface area contributed by atoms with E-state index in [1.54, 1.807) is 48.4 Å². The molecule has 1 aromatic heterocycles. The third-order valence-corrected chi connectivity index (χ3v) is 13.0. The molecule has 0 aliphatic carbocycles. The molecule has 1 aromatic carbocycles. The number of thiazole rings is 1. The number of phenols is 1. The molecule has 3 amide bonds. The molecule has 0 radical (unpaired) electrons. The van der Waals surface area contributed by atoms with Gasteiger partial charge in [0, 0.05) is 48.1 Å². The van der Waals surface area contributed by atoms with Crippen molar-refractivity contribution < 1.29 is 43.3 Å². The number of nitrogens with one attached hydrogen (secondary N) is 2. The van der Waals surface area contributed by atoms with Gasteiger partial charge in [0.15, 0.2) is 18.3 Å². The second kappa shape index (κ2) is 25.5. The van der Waals surface area contributed by atoms with Gasteiger partial charge in [-0.15, -0.1) is 11.3 Å².